The van der Waals surface area contributed by atoms with Crippen molar-refractivity contribution < 1.29 is 18.6 Å². The Morgan fingerprint density at radius 3 is 2.32 bits per heavy atom. The van der Waals surface area contributed by atoms with Gasteiger partial charge >= 0.3 is 18.9 Å². The molecule has 0 bridgehead atoms. The highest BCUT2D eigenvalue weighted by molar-refractivity contribution is 6.62. The fourth-order valence-electron chi connectivity index (χ4n) is 4.12. The maximum Gasteiger partial charge on any atom is 0.494 e. The van der Waals surface area contributed by atoms with Gasteiger partial charge in [-0.05, 0) is 63.5 Å². The van der Waals surface area contributed by atoms with Crippen molar-refractivity contribution in [3.8, 4) is 0 Å². The quantitative estimate of drug-likeness (QED) is 0.509. The Hall–Kier alpha value is -2.19. The van der Waals surface area contributed by atoms with Crippen LogP contribution in [0.1, 0.15) is 115 Å². The van der Waals surface area contributed by atoms with Crippen LogP contribution in [0.4, 0.5) is 0 Å². The number of benzene rings is 1. The summed E-state index contributed by atoms with van der Waals surface area (Å²) in [4.78, 5) is 17.1. The summed E-state index contributed by atoms with van der Waals surface area (Å²) in [6.07, 6.45) is 3.93. The molecule has 0 radical (unpaired) electrons. The van der Waals surface area contributed by atoms with Gasteiger partial charge in [-0.25, -0.2) is 0 Å². The first-order valence-electron chi connectivity index (χ1n) is 12.5. The first kappa shape index (κ1) is 26.4. The molecule has 1 aliphatic heterocycles. The molecule has 1 unspecified atom stereocenters. The van der Waals surface area contributed by atoms with E-state index in [9.17, 15) is 4.79 Å². The summed E-state index contributed by atoms with van der Waals surface area (Å²) in [6.45, 7) is 18.2. The van der Waals surface area contributed by atoms with Crippen molar-refractivity contribution in [1.82, 2.24) is 15.5 Å². The van der Waals surface area contributed by atoms with Gasteiger partial charge in [0, 0.05) is 5.41 Å². The number of fused-ring (bicyclic) bond motifs is 1. The Balaban J connectivity index is 0.00000158. The molecule has 2 heterocycles. The van der Waals surface area contributed by atoms with Gasteiger partial charge in [-0.1, -0.05) is 64.4 Å². The molecule has 0 spiro atoms. The Kier molecular flexibility index (Phi) is 7.63. The standard InChI is InChI=1S/C24H34BN3O4.C2H6/c1-22(2,3)21-27-20(30-28-21)19(29)26-18-11-9-8-10-15-14-16(12-13-17(15)18)25-31-23(4,5)24(6,7)32-25;1-2/h12-14,18H,8-11H2,1-7H3,(H,26,29);1-2H3. The fourth-order valence-corrected chi connectivity index (χ4v) is 4.12. The van der Waals surface area contributed by atoms with Crippen molar-refractivity contribution in [2.45, 2.75) is 111 Å². The molecule has 7 nitrogen and oxygen atoms in total. The third-order valence-corrected chi connectivity index (χ3v) is 6.85. The molecule has 1 aliphatic carbocycles. The largest absolute Gasteiger partial charge is 0.494 e. The van der Waals surface area contributed by atoms with Gasteiger partial charge in [-0.2, -0.15) is 4.98 Å². The second-order valence-corrected chi connectivity index (χ2v) is 11.0. The van der Waals surface area contributed by atoms with Crippen molar-refractivity contribution in [3.05, 3.63) is 41.0 Å². The Bertz CT molecular complexity index is 994. The SMILES string of the molecule is CC.CC(C)(C)c1noc(C(=O)NC2CCCCc3cc(B4OC(C)(C)C(C)(C)O4)ccc32)n1. The number of aryl methyl sites for hydroxylation is 1. The predicted molar refractivity (Wildman–Crippen MR) is 134 cm³/mol. The normalized spacial score (nSPS) is 21.2. The molecule has 1 saturated heterocycles. The summed E-state index contributed by atoms with van der Waals surface area (Å²) in [5.74, 6) is 0.200. The van der Waals surface area contributed by atoms with E-state index in [0.29, 0.717) is 5.82 Å². The zero-order valence-electron chi connectivity index (χ0n) is 22.2. The van der Waals surface area contributed by atoms with E-state index in [1.165, 1.54) is 5.56 Å². The molecular weight excluding hydrogens is 429 g/mol. The van der Waals surface area contributed by atoms with Gasteiger partial charge in [0.15, 0.2) is 5.82 Å². The number of hydrogen-bond donors (Lipinski definition) is 1. The third kappa shape index (κ3) is 5.38. The lowest BCUT2D eigenvalue weighted by molar-refractivity contribution is 0.00578. The number of aromatic nitrogens is 2. The number of carbonyl (C=O) groups excluding carboxylic acids is 1. The number of hydrogen-bond acceptors (Lipinski definition) is 6. The first-order valence-corrected chi connectivity index (χ1v) is 12.5. The van der Waals surface area contributed by atoms with E-state index in [0.717, 1.165) is 36.7 Å². The molecule has 1 amide bonds. The van der Waals surface area contributed by atoms with Crippen LogP contribution in [0.3, 0.4) is 0 Å². The van der Waals surface area contributed by atoms with Crippen LogP contribution < -0.4 is 10.8 Å². The first-order chi connectivity index (χ1) is 15.9. The minimum absolute atomic E-state index is 0.00885. The van der Waals surface area contributed by atoms with Crippen LogP contribution in [-0.4, -0.2) is 34.4 Å². The van der Waals surface area contributed by atoms with Crippen LogP contribution in [0.15, 0.2) is 22.7 Å². The lowest BCUT2D eigenvalue weighted by Gasteiger charge is -2.32. The highest BCUT2D eigenvalue weighted by atomic mass is 16.7. The Morgan fingerprint density at radius 1 is 1.09 bits per heavy atom. The predicted octanol–water partition coefficient (Wildman–Crippen LogP) is 4.89. The second kappa shape index (κ2) is 9.82. The van der Waals surface area contributed by atoms with E-state index in [4.69, 9.17) is 13.8 Å². The monoisotopic (exact) mass is 469 g/mol. The summed E-state index contributed by atoms with van der Waals surface area (Å²) in [6, 6.07) is 6.22. The fraction of sp³-hybridized carbons (Fsp3) is 0.654. The van der Waals surface area contributed by atoms with Crippen LogP contribution in [0.25, 0.3) is 0 Å². The lowest BCUT2D eigenvalue weighted by Crippen LogP contribution is -2.41. The molecule has 1 N–H and O–H groups in total. The number of rotatable bonds is 3. The van der Waals surface area contributed by atoms with Crippen LogP contribution in [0.2, 0.25) is 0 Å². The Morgan fingerprint density at radius 2 is 1.74 bits per heavy atom. The van der Waals surface area contributed by atoms with Crippen LogP contribution in [-0.2, 0) is 21.1 Å². The van der Waals surface area contributed by atoms with Crippen molar-refractivity contribution in [1.29, 1.82) is 0 Å². The van der Waals surface area contributed by atoms with E-state index in [1.807, 2.05) is 34.6 Å². The summed E-state index contributed by atoms with van der Waals surface area (Å²) in [5.41, 5.74) is 2.34. The van der Waals surface area contributed by atoms with Crippen LogP contribution in [0.5, 0.6) is 0 Å². The van der Waals surface area contributed by atoms with Crippen molar-refractivity contribution >= 4 is 18.5 Å². The van der Waals surface area contributed by atoms with E-state index < -0.39 is 7.12 Å². The van der Waals surface area contributed by atoms with Gasteiger partial charge in [-0.3, -0.25) is 4.79 Å². The third-order valence-electron chi connectivity index (χ3n) is 6.85. The van der Waals surface area contributed by atoms with E-state index in [1.54, 1.807) is 0 Å². The summed E-state index contributed by atoms with van der Waals surface area (Å²) in [7, 11) is -0.393. The molecular formula is C26H40BN3O4. The molecule has 186 valence electrons. The number of carbonyl (C=O) groups is 1. The van der Waals surface area contributed by atoms with Gasteiger partial charge in [0.1, 0.15) is 0 Å². The smallest absolute Gasteiger partial charge is 0.399 e. The van der Waals surface area contributed by atoms with Crippen molar-refractivity contribution in [2.24, 2.45) is 0 Å². The van der Waals surface area contributed by atoms with Crippen LogP contribution in [0, 0.1) is 0 Å². The molecule has 1 aromatic heterocycles. The average Bonchev–Trinajstić information content (AvgIpc) is 3.28. The molecule has 2 aromatic rings. The van der Waals surface area contributed by atoms with Gasteiger partial charge < -0.3 is 19.1 Å². The summed E-state index contributed by atoms with van der Waals surface area (Å²) < 4.78 is 17.7. The number of nitrogens with one attached hydrogen (secondary N) is 1. The van der Waals surface area contributed by atoms with Gasteiger partial charge in [0.05, 0.1) is 17.2 Å². The Labute approximate surface area is 204 Å². The highest BCUT2D eigenvalue weighted by Gasteiger charge is 2.51. The van der Waals surface area contributed by atoms with E-state index in [2.05, 4.69) is 61.4 Å². The average molecular weight is 469 g/mol. The molecule has 1 atom stereocenters. The molecule has 1 aromatic carbocycles. The zero-order valence-corrected chi connectivity index (χ0v) is 22.2. The molecule has 8 heteroatoms. The summed E-state index contributed by atoms with van der Waals surface area (Å²) in [5, 5.41) is 7.08. The minimum Gasteiger partial charge on any atom is -0.399 e. The maximum absolute atomic E-state index is 12.8. The molecule has 1 fully saturated rings. The zero-order chi connectivity index (χ0) is 25.3. The molecule has 0 saturated carbocycles. The van der Waals surface area contributed by atoms with Crippen molar-refractivity contribution in [2.75, 3.05) is 0 Å². The topological polar surface area (TPSA) is 86.5 Å². The second-order valence-electron chi connectivity index (χ2n) is 11.0. The molecule has 34 heavy (non-hydrogen) atoms. The van der Waals surface area contributed by atoms with E-state index >= 15 is 0 Å². The molecule has 4 rings (SSSR count). The van der Waals surface area contributed by atoms with Gasteiger partial charge in [0.25, 0.3) is 0 Å². The highest BCUT2D eigenvalue weighted by Crippen LogP contribution is 2.37. The minimum atomic E-state index is -0.393. The van der Waals surface area contributed by atoms with E-state index in [-0.39, 0.29) is 34.5 Å². The lowest BCUT2D eigenvalue weighted by atomic mass is 9.77. The van der Waals surface area contributed by atoms with Gasteiger partial charge in [-0.15, -0.1) is 0 Å². The number of amides is 1. The van der Waals surface area contributed by atoms with Crippen molar-refractivity contribution in [3.63, 3.8) is 0 Å². The summed E-state index contributed by atoms with van der Waals surface area (Å²) >= 11 is 0. The number of nitrogens with zero attached hydrogens (tertiary/aromatic N) is 2. The molecule has 2 aliphatic rings. The maximum atomic E-state index is 12.8. The van der Waals surface area contributed by atoms with Gasteiger partial charge in [0.2, 0.25) is 0 Å². The van der Waals surface area contributed by atoms with Crippen LogP contribution >= 0.6 is 0 Å².